The van der Waals surface area contributed by atoms with Crippen LogP contribution in [-0.2, 0) is 14.3 Å². The number of rotatable bonds is 2. The molecule has 6 heteroatoms. The number of hydrogen-bond donors (Lipinski definition) is 3. The maximum atomic E-state index is 10.6. The number of ether oxygens (including phenoxy) is 2. The fraction of sp³-hybridized carbons (Fsp3) is 0.875. The Morgan fingerprint density at radius 3 is 2.43 bits per heavy atom. The molecule has 1 aliphatic rings. The summed E-state index contributed by atoms with van der Waals surface area (Å²) < 4.78 is 9.47. The average molecular weight is 206 g/mol. The first kappa shape index (κ1) is 11.4. The fourth-order valence-corrected chi connectivity index (χ4v) is 1.39. The van der Waals surface area contributed by atoms with Gasteiger partial charge in [-0.3, -0.25) is 4.79 Å². The number of esters is 1. The highest BCUT2D eigenvalue weighted by molar-refractivity contribution is 5.66. The van der Waals surface area contributed by atoms with Gasteiger partial charge in [-0.15, -0.1) is 0 Å². The van der Waals surface area contributed by atoms with Gasteiger partial charge in [0, 0.05) is 6.92 Å². The Labute approximate surface area is 81.1 Å². The van der Waals surface area contributed by atoms with Crippen LogP contribution in [0.1, 0.15) is 13.8 Å². The van der Waals surface area contributed by atoms with Gasteiger partial charge in [-0.2, -0.15) is 0 Å². The molecule has 1 aliphatic heterocycles. The van der Waals surface area contributed by atoms with Crippen LogP contribution < -0.4 is 0 Å². The standard InChI is InChI=1S/C8H14O6/c1-3(9)6-5(11)7(8(12)14-6)13-4(2)10/h3,5-9,11-12H,1-2H3/t3-,5+,6-,7-,8+/m1/s1. The Morgan fingerprint density at radius 1 is 1.50 bits per heavy atom. The van der Waals surface area contributed by atoms with Crippen LogP contribution in [0, 0.1) is 0 Å². The van der Waals surface area contributed by atoms with Crippen molar-refractivity contribution in [3.05, 3.63) is 0 Å². The molecule has 0 bridgehead atoms. The number of carbonyl (C=O) groups excluding carboxylic acids is 1. The molecule has 0 spiro atoms. The highest BCUT2D eigenvalue weighted by Gasteiger charge is 2.47. The third kappa shape index (κ3) is 2.21. The summed E-state index contributed by atoms with van der Waals surface area (Å²) in [5, 5.41) is 27.9. The van der Waals surface area contributed by atoms with E-state index in [4.69, 9.17) is 9.84 Å². The van der Waals surface area contributed by atoms with Crippen LogP contribution >= 0.6 is 0 Å². The molecule has 14 heavy (non-hydrogen) atoms. The molecule has 1 saturated heterocycles. The van der Waals surface area contributed by atoms with Crippen LogP contribution in [-0.4, -0.2) is 52.0 Å². The summed E-state index contributed by atoms with van der Waals surface area (Å²) in [5.74, 6) is -0.622. The molecule has 1 fully saturated rings. The second-order valence-corrected chi connectivity index (χ2v) is 3.30. The largest absolute Gasteiger partial charge is 0.454 e. The van der Waals surface area contributed by atoms with Crippen molar-refractivity contribution in [3.8, 4) is 0 Å². The van der Waals surface area contributed by atoms with E-state index in [0.717, 1.165) is 6.92 Å². The lowest BCUT2D eigenvalue weighted by Gasteiger charge is -2.18. The maximum Gasteiger partial charge on any atom is 0.303 e. The minimum absolute atomic E-state index is 0.622. The summed E-state index contributed by atoms with van der Waals surface area (Å²) in [6, 6.07) is 0. The van der Waals surface area contributed by atoms with Gasteiger partial charge in [0.25, 0.3) is 0 Å². The summed E-state index contributed by atoms with van der Waals surface area (Å²) >= 11 is 0. The predicted octanol–water partition coefficient (Wildman–Crippen LogP) is -1.62. The molecule has 3 N–H and O–H groups in total. The summed E-state index contributed by atoms with van der Waals surface area (Å²) in [7, 11) is 0. The number of carbonyl (C=O) groups is 1. The van der Waals surface area contributed by atoms with Crippen LogP contribution in [0.2, 0.25) is 0 Å². The van der Waals surface area contributed by atoms with Crippen molar-refractivity contribution in [2.24, 2.45) is 0 Å². The van der Waals surface area contributed by atoms with Crippen LogP contribution in [0.25, 0.3) is 0 Å². The topological polar surface area (TPSA) is 96.2 Å². The van der Waals surface area contributed by atoms with E-state index in [1.807, 2.05) is 0 Å². The molecule has 5 atom stereocenters. The summed E-state index contributed by atoms with van der Waals surface area (Å²) in [5.41, 5.74) is 0. The zero-order valence-electron chi connectivity index (χ0n) is 7.95. The maximum absolute atomic E-state index is 10.6. The first-order valence-electron chi connectivity index (χ1n) is 4.30. The number of hydrogen-bond acceptors (Lipinski definition) is 6. The Balaban J connectivity index is 2.65. The lowest BCUT2D eigenvalue weighted by atomic mass is 10.1. The zero-order valence-corrected chi connectivity index (χ0v) is 7.95. The van der Waals surface area contributed by atoms with Crippen LogP contribution in [0.15, 0.2) is 0 Å². The van der Waals surface area contributed by atoms with E-state index < -0.39 is 36.7 Å². The van der Waals surface area contributed by atoms with Gasteiger partial charge in [-0.05, 0) is 6.92 Å². The van der Waals surface area contributed by atoms with E-state index in [1.54, 1.807) is 0 Å². The second kappa shape index (κ2) is 4.22. The lowest BCUT2D eigenvalue weighted by Crippen LogP contribution is -2.39. The smallest absolute Gasteiger partial charge is 0.303 e. The average Bonchev–Trinajstić information content (AvgIpc) is 2.31. The third-order valence-corrected chi connectivity index (χ3v) is 2.03. The van der Waals surface area contributed by atoms with E-state index >= 15 is 0 Å². The van der Waals surface area contributed by atoms with Crippen LogP contribution in [0.5, 0.6) is 0 Å². The molecule has 0 aromatic heterocycles. The van der Waals surface area contributed by atoms with Crippen molar-refractivity contribution in [2.75, 3.05) is 0 Å². The first-order valence-corrected chi connectivity index (χ1v) is 4.30. The Hall–Kier alpha value is -0.690. The highest BCUT2D eigenvalue weighted by Crippen LogP contribution is 2.24. The molecule has 1 heterocycles. The van der Waals surface area contributed by atoms with E-state index in [0.29, 0.717) is 0 Å². The van der Waals surface area contributed by atoms with E-state index in [9.17, 15) is 15.0 Å². The quantitative estimate of drug-likeness (QED) is 0.470. The molecule has 0 unspecified atom stereocenters. The molecule has 0 saturated carbocycles. The molecule has 0 amide bonds. The van der Waals surface area contributed by atoms with Crippen LogP contribution in [0.3, 0.4) is 0 Å². The van der Waals surface area contributed by atoms with E-state index in [1.165, 1.54) is 6.92 Å². The van der Waals surface area contributed by atoms with Gasteiger partial charge in [-0.25, -0.2) is 0 Å². The van der Waals surface area contributed by atoms with Gasteiger partial charge in [0.2, 0.25) is 0 Å². The molecule has 0 radical (unpaired) electrons. The Kier molecular flexibility index (Phi) is 3.43. The summed E-state index contributed by atoms with van der Waals surface area (Å²) in [6.45, 7) is 2.58. The van der Waals surface area contributed by atoms with Crippen molar-refractivity contribution in [3.63, 3.8) is 0 Å². The minimum Gasteiger partial charge on any atom is -0.454 e. The molecule has 0 aliphatic carbocycles. The van der Waals surface area contributed by atoms with Gasteiger partial charge in [0.15, 0.2) is 12.4 Å². The van der Waals surface area contributed by atoms with Crippen molar-refractivity contribution >= 4 is 5.97 Å². The molecular weight excluding hydrogens is 192 g/mol. The molecule has 1 rings (SSSR count). The molecule has 0 aromatic rings. The van der Waals surface area contributed by atoms with E-state index in [-0.39, 0.29) is 0 Å². The van der Waals surface area contributed by atoms with Crippen molar-refractivity contribution in [1.29, 1.82) is 0 Å². The van der Waals surface area contributed by atoms with Gasteiger partial charge in [-0.1, -0.05) is 0 Å². The van der Waals surface area contributed by atoms with Gasteiger partial charge < -0.3 is 24.8 Å². The summed E-state index contributed by atoms with van der Waals surface area (Å²) in [6.07, 6.45) is -5.62. The Morgan fingerprint density at radius 2 is 2.07 bits per heavy atom. The first-order chi connectivity index (χ1) is 6.43. The second-order valence-electron chi connectivity index (χ2n) is 3.30. The zero-order chi connectivity index (χ0) is 10.9. The molecule has 82 valence electrons. The van der Waals surface area contributed by atoms with Gasteiger partial charge in [0.05, 0.1) is 6.10 Å². The van der Waals surface area contributed by atoms with Crippen molar-refractivity contribution < 1.29 is 29.6 Å². The third-order valence-electron chi connectivity index (χ3n) is 2.03. The highest BCUT2D eigenvalue weighted by atomic mass is 16.7. The molecular formula is C8H14O6. The Bertz CT molecular complexity index is 216. The lowest BCUT2D eigenvalue weighted by molar-refractivity contribution is -0.172. The number of aliphatic hydroxyl groups excluding tert-OH is 3. The molecule has 6 nitrogen and oxygen atoms in total. The molecule has 0 aromatic carbocycles. The predicted molar refractivity (Wildman–Crippen MR) is 44.1 cm³/mol. The fourth-order valence-electron chi connectivity index (χ4n) is 1.39. The van der Waals surface area contributed by atoms with Crippen molar-refractivity contribution in [1.82, 2.24) is 0 Å². The minimum atomic E-state index is -1.39. The van der Waals surface area contributed by atoms with Gasteiger partial charge in [0.1, 0.15) is 12.2 Å². The normalized spacial score (nSPS) is 39.5. The number of aliphatic hydroxyl groups is 3. The summed E-state index contributed by atoms with van der Waals surface area (Å²) in [4.78, 5) is 10.6. The van der Waals surface area contributed by atoms with Crippen LogP contribution in [0.4, 0.5) is 0 Å². The van der Waals surface area contributed by atoms with Crippen molar-refractivity contribution in [2.45, 2.75) is 44.6 Å². The van der Waals surface area contributed by atoms with Gasteiger partial charge >= 0.3 is 5.97 Å². The SMILES string of the molecule is CC(=O)O[C@@H]1[C@@H](O)[C@@H]([C@@H](C)O)O[C@@H]1O. The van der Waals surface area contributed by atoms with E-state index in [2.05, 4.69) is 4.74 Å². The monoisotopic (exact) mass is 206 g/mol.